The molecule has 24 heavy (non-hydrogen) atoms. The van der Waals surface area contributed by atoms with Gasteiger partial charge in [-0.3, -0.25) is 4.79 Å². The summed E-state index contributed by atoms with van der Waals surface area (Å²) in [6.45, 7) is 0.401. The summed E-state index contributed by atoms with van der Waals surface area (Å²) in [5, 5.41) is 11.3. The Morgan fingerprint density at radius 3 is 3.00 bits per heavy atom. The Hall–Kier alpha value is -3.07. The summed E-state index contributed by atoms with van der Waals surface area (Å²) in [5.74, 6) is 1.39. The predicted octanol–water partition coefficient (Wildman–Crippen LogP) is 2.95. The van der Waals surface area contributed by atoms with Gasteiger partial charge in [-0.05, 0) is 36.2 Å². The van der Waals surface area contributed by atoms with E-state index in [1.807, 2.05) is 24.3 Å². The quantitative estimate of drug-likeness (QED) is 0.754. The first kappa shape index (κ1) is 17.3. The molecule has 0 aliphatic heterocycles. The number of aromatic nitrogens is 1. The molecule has 124 valence electrons. The highest BCUT2D eigenvalue weighted by Crippen LogP contribution is 2.21. The Labute approximate surface area is 141 Å². The molecule has 0 atom stereocenters. The van der Waals surface area contributed by atoms with E-state index in [2.05, 4.69) is 16.4 Å². The van der Waals surface area contributed by atoms with Gasteiger partial charge < -0.3 is 14.8 Å². The van der Waals surface area contributed by atoms with Crippen LogP contribution in [0.1, 0.15) is 18.4 Å². The first-order valence-electron chi connectivity index (χ1n) is 7.60. The minimum Gasteiger partial charge on any atom is -0.497 e. The molecule has 2 rings (SSSR count). The number of amides is 1. The van der Waals surface area contributed by atoms with Crippen LogP contribution in [0.25, 0.3) is 0 Å². The van der Waals surface area contributed by atoms with E-state index in [-0.39, 0.29) is 12.3 Å². The molecule has 0 saturated carbocycles. The predicted molar refractivity (Wildman–Crippen MR) is 89.9 cm³/mol. The van der Waals surface area contributed by atoms with E-state index in [4.69, 9.17) is 14.7 Å². The number of benzene rings is 1. The van der Waals surface area contributed by atoms with Gasteiger partial charge in [-0.1, -0.05) is 12.1 Å². The third-order valence-electron chi connectivity index (χ3n) is 3.22. The minimum absolute atomic E-state index is 0.191. The van der Waals surface area contributed by atoms with Crippen molar-refractivity contribution in [2.24, 2.45) is 0 Å². The van der Waals surface area contributed by atoms with Crippen molar-refractivity contribution < 1.29 is 14.3 Å². The topological polar surface area (TPSA) is 84.2 Å². The summed E-state index contributed by atoms with van der Waals surface area (Å²) in [7, 11) is 1.59. The van der Waals surface area contributed by atoms with Gasteiger partial charge in [-0.25, -0.2) is 4.98 Å². The van der Waals surface area contributed by atoms with Crippen molar-refractivity contribution in [3.8, 4) is 17.6 Å². The second-order valence-corrected chi connectivity index (χ2v) is 5.04. The second kappa shape index (κ2) is 9.16. The maximum atomic E-state index is 12.2. The van der Waals surface area contributed by atoms with Crippen LogP contribution in [0, 0.1) is 11.3 Å². The molecule has 1 N–H and O–H groups in total. The maximum absolute atomic E-state index is 12.2. The number of carbonyl (C=O) groups is 1. The molecule has 2 aromatic rings. The molecule has 1 aromatic carbocycles. The van der Waals surface area contributed by atoms with Crippen LogP contribution in [0.2, 0.25) is 0 Å². The largest absolute Gasteiger partial charge is 0.497 e. The van der Waals surface area contributed by atoms with Gasteiger partial charge in [-0.15, -0.1) is 0 Å². The lowest BCUT2D eigenvalue weighted by Gasteiger charge is -2.11. The average molecular weight is 325 g/mol. The Kier molecular flexibility index (Phi) is 6.59. The first-order chi connectivity index (χ1) is 11.7. The Balaban J connectivity index is 1.97. The van der Waals surface area contributed by atoms with Gasteiger partial charge in [0.05, 0.1) is 26.2 Å². The van der Waals surface area contributed by atoms with Gasteiger partial charge in [-0.2, -0.15) is 5.26 Å². The van der Waals surface area contributed by atoms with E-state index < -0.39 is 0 Å². The number of nitriles is 1. The number of methoxy groups -OCH3 is 1. The molecule has 0 saturated heterocycles. The number of ether oxygens (including phenoxy) is 2. The summed E-state index contributed by atoms with van der Waals surface area (Å²) in [6, 6.07) is 12.9. The monoisotopic (exact) mass is 325 g/mol. The standard InChI is InChI=1S/C18H19N3O3/c1-23-15-7-4-6-14(12-15)13-17(22)21-18-16(8-5-10-20-18)24-11-3-2-9-19/h4-8,10,12H,2-3,11,13H2,1H3,(H,20,21,22). The van der Waals surface area contributed by atoms with Gasteiger partial charge in [0, 0.05) is 12.6 Å². The molecule has 1 aromatic heterocycles. The molecule has 0 bridgehead atoms. The Morgan fingerprint density at radius 2 is 2.21 bits per heavy atom. The van der Waals surface area contributed by atoms with Crippen LogP contribution >= 0.6 is 0 Å². The number of nitrogens with one attached hydrogen (secondary N) is 1. The molecule has 6 heteroatoms. The Morgan fingerprint density at radius 1 is 1.33 bits per heavy atom. The van der Waals surface area contributed by atoms with E-state index >= 15 is 0 Å². The van der Waals surface area contributed by atoms with Crippen molar-refractivity contribution in [1.82, 2.24) is 4.98 Å². The van der Waals surface area contributed by atoms with Crippen LogP contribution in [0.3, 0.4) is 0 Å². The zero-order valence-electron chi connectivity index (χ0n) is 13.5. The van der Waals surface area contributed by atoms with Crippen molar-refractivity contribution in [3.63, 3.8) is 0 Å². The van der Waals surface area contributed by atoms with Crippen molar-refractivity contribution in [2.45, 2.75) is 19.3 Å². The van der Waals surface area contributed by atoms with Crippen LogP contribution in [0.4, 0.5) is 5.82 Å². The molecular formula is C18H19N3O3. The summed E-state index contributed by atoms with van der Waals surface area (Å²) in [5.41, 5.74) is 0.847. The number of unbranched alkanes of at least 4 members (excludes halogenated alkanes) is 1. The van der Waals surface area contributed by atoms with Crippen LogP contribution in [-0.2, 0) is 11.2 Å². The van der Waals surface area contributed by atoms with Gasteiger partial charge in [0.25, 0.3) is 0 Å². The van der Waals surface area contributed by atoms with Crippen molar-refractivity contribution in [1.29, 1.82) is 5.26 Å². The highest BCUT2D eigenvalue weighted by molar-refractivity contribution is 5.92. The van der Waals surface area contributed by atoms with Gasteiger partial charge >= 0.3 is 0 Å². The minimum atomic E-state index is -0.191. The lowest BCUT2D eigenvalue weighted by Crippen LogP contribution is -2.16. The molecule has 1 amide bonds. The van der Waals surface area contributed by atoms with E-state index in [9.17, 15) is 4.79 Å². The first-order valence-corrected chi connectivity index (χ1v) is 7.60. The number of pyridine rings is 1. The fourth-order valence-electron chi connectivity index (χ4n) is 2.08. The highest BCUT2D eigenvalue weighted by Gasteiger charge is 2.10. The lowest BCUT2D eigenvalue weighted by atomic mass is 10.1. The SMILES string of the molecule is COc1cccc(CC(=O)Nc2ncccc2OCCCC#N)c1. The summed E-state index contributed by atoms with van der Waals surface area (Å²) < 4.78 is 10.7. The molecule has 0 radical (unpaired) electrons. The Bertz CT molecular complexity index is 725. The molecular weight excluding hydrogens is 306 g/mol. The second-order valence-electron chi connectivity index (χ2n) is 5.04. The molecule has 6 nitrogen and oxygen atoms in total. The van der Waals surface area contributed by atoms with E-state index in [0.717, 1.165) is 5.56 Å². The molecule has 0 fully saturated rings. The number of anilines is 1. The van der Waals surface area contributed by atoms with Gasteiger partial charge in [0.15, 0.2) is 11.6 Å². The van der Waals surface area contributed by atoms with Gasteiger partial charge in [0.1, 0.15) is 5.75 Å². The van der Waals surface area contributed by atoms with Crippen molar-refractivity contribution >= 4 is 11.7 Å². The van der Waals surface area contributed by atoms with Crippen LogP contribution in [0.15, 0.2) is 42.6 Å². The lowest BCUT2D eigenvalue weighted by molar-refractivity contribution is -0.115. The fourth-order valence-corrected chi connectivity index (χ4v) is 2.08. The summed E-state index contributed by atoms with van der Waals surface area (Å²) in [4.78, 5) is 16.4. The van der Waals surface area contributed by atoms with Crippen molar-refractivity contribution in [3.05, 3.63) is 48.2 Å². The molecule has 0 spiro atoms. The summed E-state index contributed by atoms with van der Waals surface area (Å²) >= 11 is 0. The molecule has 0 unspecified atom stereocenters. The van der Waals surface area contributed by atoms with Crippen molar-refractivity contribution in [2.75, 3.05) is 19.0 Å². The third-order valence-corrected chi connectivity index (χ3v) is 3.22. The zero-order valence-corrected chi connectivity index (χ0v) is 13.5. The number of carbonyl (C=O) groups excluding carboxylic acids is 1. The van der Waals surface area contributed by atoms with Crippen LogP contribution < -0.4 is 14.8 Å². The normalized spacial score (nSPS) is 9.83. The number of hydrogen-bond acceptors (Lipinski definition) is 5. The molecule has 0 aliphatic rings. The average Bonchev–Trinajstić information content (AvgIpc) is 2.60. The maximum Gasteiger partial charge on any atom is 0.230 e. The molecule has 1 heterocycles. The zero-order chi connectivity index (χ0) is 17.2. The van der Waals surface area contributed by atoms with Gasteiger partial charge in [0.2, 0.25) is 5.91 Å². The van der Waals surface area contributed by atoms with E-state index in [0.29, 0.717) is 36.8 Å². The van der Waals surface area contributed by atoms with Crippen LogP contribution in [-0.4, -0.2) is 24.6 Å². The third kappa shape index (κ3) is 5.29. The highest BCUT2D eigenvalue weighted by atomic mass is 16.5. The summed E-state index contributed by atoms with van der Waals surface area (Å²) in [6.07, 6.45) is 2.85. The van der Waals surface area contributed by atoms with E-state index in [1.165, 1.54) is 0 Å². The molecule has 0 aliphatic carbocycles. The van der Waals surface area contributed by atoms with E-state index in [1.54, 1.807) is 25.4 Å². The number of rotatable bonds is 8. The smallest absolute Gasteiger partial charge is 0.230 e. The van der Waals surface area contributed by atoms with Crippen LogP contribution in [0.5, 0.6) is 11.5 Å². The number of hydrogen-bond donors (Lipinski definition) is 1. The fraction of sp³-hybridized carbons (Fsp3) is 0.278. The number of nitrogens with zero attached hydrogens (tertiary/aromatic N) is 2.